The van der Waals surface area contributed by atoms with Crippen molar-refractivity contribution in [2.75, 3.05) is 31.6 Å². The van der Waals surface area contributed by atoms with Crippen LogP contribution in [-0.2, 0) is 0 Å². The molecule has 1 heterocycles. The second-order valence-electron chi connectivity index (χ2n) is 5.40. The van der Waals surface area contributed by atoms with E-state index in [2.05, 4.69) is 52.7 Å². The number of halogens is 1. The zero-order chi connectivity index (χ0) is 13.3. The Labute approximate surface area is 117 Å². The topological polar surface area (TPSA) is 30.3 Å². The van der Waals surface area contributed by atoms with Gasteiger partial charge in [-0.05, 0) is 49.0 Å². The smallest absolute Gasteiger partial charge is 0.103 e. The van der Waals surface area contributed by atoms with Gasteiger partial charge in [0.25, 0.3) is 0 Å². The van der Waals surface area contributed by atoms with Crippen LogP contribution in [0.25, 0.3) is 0 Å². The van der Waals surface area contributed by atoms with Gasteiger partial charge in [0, 0.05) is 29.6 Å². The van der Waals surface area contributed by atoms with E-state index < -0.39 is 0 Å². The van der Waals surface area contributed by atoms with Crippen molar-refractivity contribution >= 4 is 21.6 Å². The second kappa shape index (κ2) is 4.91. The van der Waals surface area contributed by atoms with Crippen LogP contribution in [0.5, 0.6) is 0 Å². The summed E-state index contributed by atoms with van der Waals surface area (Å²) in [6, 6.07) is 8.24. The van der Waals surface area contributed by atoms with Crippen molar-refractivity contribution < 1.29 is 0 Å². The number of rotatable bonds is 1. The first-order valence-corrected chi connectivity index (χ1v) is 6.90. The van der Waals surface area contributed by atoms with E-state index in [0.29, 0.717) is 0 Å². The molecule has 1 aromatic carbocycles. The van der Waals surface area contributed by atoms with Crippen LogP contribution in [0.3, 0.4) is 0 Å². The van der Waals surface area contributed by atoms with Crippen LogP contribution in [0, 0.1) is 11.3 Å². The lowest BCUT2D eigenvalue weighted by Gasteiger charge is -2.46. The minimum atomic E-state index is 0.132. The Hall–Kier alpha value is -1.05. The molecule has 1 aliphatic rings. The first-order chi connectivity index (χ1) is 8.45. The highest BCUT2D eigenvalue weighted by Crippen LogP contribution is 2.30. The Balaban J connectivity index is 2.34. The molecular formula is C14H18BrN3. The highest BCUT2D eigenvalue weighted by Gasteiger charge is 2.32. The molecule has 0 radical (unpaired) electrons. The fourth-order valence-corrected chi connectivity index (χ4v) is 2.78. The third kappa shape index (κ3) is 2.38. The number of piperazine rings is 1. The summed E-state index contributed by atoms with van der Waals surface area (Å²) in [7, 11) is 2.16. The summed E-state index contributed by atoms with van der Waals surface area (Å²) in [6.07, 6.45) is 0. The molecule has 0 aromatic heterocycles. The third-order valence-corrected chi connectivity index (χ3v) is 4.42. The summed E-state index contributed by atoms with van der Waals surface area (Å²) in [5, 5.41) is 9.29. The largest absolute Gasteiger partial charge is 0.367 e. The van der Waals surface area contributed by atoms with Gasteiger partial charge < -0.3 is 4.90 Å². The molecule has 0 bridgehead atoms. The number of likely N-dealkylation sites (N-methyl/N-ethyl adjacent to an activating group) is 1. The number of nitriles is 1. The molecule has 96 valence electrons. The maximum Gasteiger partial charge on any atom is 0.103 e. The summed E-state index contributed by atoms with van der Waals surface area (Å²) in [5.74, 6) is 0. The van der Waals surface area contributed by atoms with Gasteiger partial charge in [-0.1, -0.05) is 6.07 Å². The van der Waals surface area contributed by atoms with Crippen LogP contribution in [0.2, 0.25) is 0 Å². The molecule has 1 fully saturated rings. The van der Waals surface area contributed by atoms with Gasteiger partial charge >= 0.3 is 0 Å². The van der Waals surface area contributed by atoms with E-state index in [-0.39, 0.29) is 5.54 Å². The Bertz CT molecular complexity index is 490. The number of anilines is 1. The quantitative estimate of drug-likeness (QED) is 0.799. The Morgan fingerprint density at radius 1 is 1.33 bits per heavy atom. The highest BCUT2D eigenvalue weighted by molar-refractivity contribution is 9.10. The molecule has 1 saturated heterocycles. The average molecular weight is 308 g/mol. The zero-order valence-corrected chi connectivity index (χ0v) is 12.7. The van der Waals surface area contributed by atoms with Crippen LogP contribution in [0.4, 0.5) is 5.69 Å². The van der Waals surface area contributed by atoms with Crippen molar-refractivity contribution in [1.82, 2.24) is 4.90 Å². The monoisotopic (exact) mass is 307 g/mol. The van der Waals surface area contributed by atoms with Gasteiger partial charge in [0.05, 0.1) is 11.3 Å². The van der Waals surface area contributed by atoms with Crippen molar-refractivity contribution in [1.29, 1.82) is 5.26 Å². The number of benzene rings is 1. The molecular weight excluding hydrogens is 290 g/mol. The normalized spacial score (nSPS) is 19.6. The molecule has 0 amide bonds. The highest BCUT2D eigenvalue weighted by atomic mass is 79.9. The summed E-state index contributed by atoms with van der Waals surface area (Å²) >= 11 is 3.45. The van der Waals surface area contributed by atoms with Gasteiger partial charge in [-0.15, -0.1) is 0 Å². The lowest BCUT2D eigenvalue weighted by atomic mass is 9.98. The van der Waals surface area contributed by atoms with Gasteiger partial charge in [0.1, 0.15) is 6.07 Å². The van der Waals surface area contributed by atoms with Gasteiger partial charge in [0.2, 0.25) is 0 Å². The van der Waals surface area contributed by atoms with E-state index in [1.165, 1.54) is 0 Å². The predicted molar refractivity (Wildman–Crippen MR) is 77.8 cm³/mol. The molecule has 0 saturated carbocycles. The molecule has 4 heteroatoms. The lowest BCUT2D eigenvalue weighted by molar-refractivity contribution is 0.139. The van der Waals surface area contributed by atoms with Crippen LogP contribution in [-0.4, -0.2) is 37.1 Å². The molecule has 0 atom stereocenters. The Kier molecular flexibility index (Phi) is 3.65. The van der Waals surface area contributed by atoms with E-state index in [9.17, 15) is 5.26 Å². The van der Waals surface area contributed by atoms with Crippen LogP contribution in [0.15, 0.2) is 22.7 Å². The molecule has 1 aliphatic heterocycles. The van der Waals surface area contributed by atoms with E-state index in [0.717, 1.165) is 35.4 Å². The summed E-state index contributed by atoms with van der Waals surface area (Å²) < 4.78 is 0.874. The number of hydrogen-bond donors (Lipinski definition) is 0. The lowest BCUT2D eigenvalue weighted by Crippen LogP contribution is -2.57. The predicted octanol–water partition coefficient (Wildman–Crippen LogP) is 2.85. The van der Waals surface area contributed by atoms with Crippen molar-refractivity contribution in [3.8, 4) is 6.07 Å². The van der Waals surface area contributed by atoms with Crippen LogP contribution >= 0.6 is 15.9 Å². The van der Waals surface area contributed by atoms with Crippen molar-refractivity contribution in [3.05, 3.63) is 28.2 Å². The van der Waals surface area contributed by atoms with E-state index in [1.807, 2.05) is 18.2 Å². The number of nitrogens with zero attached hydrogens (tertiary/aromatic N) is 3. The fourth-order valence-electron chi connectivity index (χ4n) is 2.33. The maximum absolute atomic E-state index is 9.29. The van der Waals surface area contributed by atoms with Gasteiger partial charge in [-0.25, -0.2) is 0 Å². The summed E-state index contributed by atoms with van der Waals surface area (Å²) in [5.41, 5.74) is 1.90. The zero-order valence-electron chi connectivity index (χ0n) is 11.1. The first-order valence-electron chi connectivity index (χ1n) is 6.10. The van der Waals surface area contributed by atoms with E-state index in [1.54, 1.807) is 0 Å². The van der Waals surface area contributed by atoms with E-state index >= 15 is 0 Å². The second-order valence-corrected chi connectivity index (χ2v) is 6.26. The van der Waals surface area contributed by atoms with Crippen molar-refractivity contribution in [3.63, 3.8) is 0 Å². The average Bonchev–Trinajstić information content (AvgIpc) is 2.32. The molecule has 2 rings (SSSR count). The van der Waals surface area contributed by atoms with Crippen LogP contribution in [0.1, 0.15) is 19.4 Å². The van der Waals surface area contributed by atoms with Crippen molar-refractivity contribution in [2.24, 2.45) is 0 Å². The standard InChI is InChI=1S/C14H18BrN3/c1-14(2)10-18(8-7-17(14)3)13-6-4-5-12(15)11(13)9-16/h4-6H,7-8,10H2,1-3H3. The first kappa shape index (κ1) is 13.4. The molecule has 0 N–H and O–H groups in total. The molecule has 0 spiro atoms. The fraction of sp³-hybridized carbons (Fsp3) is 0.500. The van der Waals surface area contributed by atoms with Crippen molar-refractivity contribution in [2.45, 2.75) is 19.4 Å². The number of hydrogen-bond acceptors (Lipinski definition) is 3. The SMILES string of the molecule is CN1CCN(c2cccc(Br)c2C#N)CC1(C)C. The molecule has 18 heavy (non-hydrogen) atoms. The van der Waals surface area contributed by atoms with E-state index in [4.69, 9.17) is 0 Å². The molecule has 1 aromatic rings. The Morgan fingerprint density at radius 3 is 2.67 bits per heavy atom. The molecule has 0 aliphatic carbocycles. The van der Waals surface area contributed by atoms with Crippen LogP contribution < -0.4 is 4.90 Å². The molecule has 0 unspecified atom stereocenters. The van der Waals surface area contributed by atoms with Gasteiger partial charge in [0.15, 0.2) is 0 Å². The Morgan fingerprint density at radius 2 is 2.06 bits per heavy atom. The van der Waals surface area contributed by atoms with Gasteiger partial charge in [-0.2, -0.15) is 5.26 Å². The minimum absolute atomic E-state index is 0.132. The third-order valence-electron chi connectivity index (χ3n) is 3.76. The minimum Gasteiger partial charge on any atom is -0.367 e. The van der Waals surface area contributed by atoms with Gasteiger partial charge in [-0.3, -0.25) is 4.90 Å². The summed E-state index contributed by atoms with van der Waals surface area (Å²) in [6.45, 7) is 7.40. The maximum atomic E-state index is 9.29. The summed E-state index contributed by atoms with van der Waals surface area (Å²) in [4.78, 5) is 4.68. The molecule has 3 nitrogen and oxygen atoms in total.